The van der Waals surface area contributed by atoms with Gasteiger partial charge in [-0.2, -0.15) is 14.0 Å². The number of halogens is 2. The summed E-state index contributed by atoms with van der Waals surface area (Å²) in [5.74, 6) is 0.613. The van der Waals surface area contributed by atoms with Crippen molar-refractivity contribution in [3.8, 4) is 11.8 Å². The zero-order chi connectivity index (χ0) is 14.4. The molecule has 0 atom stereocenters. The summed E-state index contributed by atoms with van der Waals surface area (Å²) < 4.78 is 29.0. The lowest BCUT2D eigenvalue weighted by Gasteiger charge is -2.11. The van der Waals surface area contributed by atoms with Crippen LogP contribution in [0.25, 0.3) is 0 Å². The van der Waals surface area contributed by atoms with Crippen LogP contribution in [0.2, 0.25) is 0 Å². The highest BCUT2D eigenvalue weighted by molar-refractivity contribution is 5.44. The van der Waals surface area contributed by atoms with Crippen molar-refractivity contribution in [2.24, 2.45) is 0 Å². The molecule has 0 spiro atoms. The minimum atomic E-state index is -2.86. The maximum atomic E-state index is 12.3. The molecule has 1 N–H and O–H groups in total. The Hall–Kier alpha value is -2.68. The van der Waals surface area contributed by atoms with E-state index in [0.717, 1.165) is 0 Å². The monoisotopic (exact) mass is 275 g/mol. The Morgan fingerprint density at radius 2 is 2.10 bits per heavy atom. The lowest BCUT2D eigenvalue weighted by atomic mass is 10.2. The third kappa shape index (κ3) is 3.65. The van der Waals surface area contributed by atoms with E-state index in [4.69, 9.17) is 5.26 Å². The van der Waals surface area contributed by atoms with Crippen molar-refractivity contribution in [3.63, 3.8) is 0 Å². The van der Waals surface area contributed by atoms with Crippen molar-refractivity contribution < 1.29 is 13.5 Å². The Morgan fingerprint density at radius 3 is 2.85 bits per heavy atom. The molecule has 1 aromatic carbocycles. The number of hydrogen-bond acceptors (Lipinski definition) is 4. The summed E-state index contributed by atoms with van der Waals surface area (Å²) in [4.78, 5) is 4.04. The largest absolute Gasteiger partial charge is 0.434 e. The van der Waals surface area contributed by atoms with Crippen LogP contribution in [0, 0.1) is 11.3 Å². The first kappa shape index (κ1) is 13.7. The average Bonchev–Trinajstić information content (AvgIpc) is 2.46. The smallest absolute Gasteiger partial charge is 0.387 e. The number of anilines is 1. The lowest BCUT2D eigenvalue weighted by molar-refractivity contribution is -0.0504. The topological polar surface area (TPSA) is 57.9 Å². The Bertz CT molecular complexity index is 626. The summed E-state index contributed by atoms with van der Waals surface area (Å²) in [6, 6.07) is 11.7. The van der Waals surface area contributed by atoms with Gasteiger partial charge in [0.25, 0.3) is 0 Å². The van der Waals surface area contributed by atoms with Crippen LogP contribution in [0.5, 0.6) is 5.75 Å². The number of rotatable bonds is 5. The Kier molecular flexibility index (Phi) is 4.45. The highest BCUT2D eigenvalue weighted by Gasteiger charge is 2.08. The summed E-state index contributed by atoms with van der Waals surface area (Å²) in [5, 5.41) is 11.7. The molecule has 0 saturated heterocycles. The number of benzene rings is 1. The molecule has 2 rings (SSSR count). The number of alkyl halides is 2. The van der Waals surface area contributed by atoms with E-state index in [1.165, 1.54) is 12.3 Å². The van der Waals surface area contributed by atoms with Crippen LogP contribution in [0.4, 0.5) is 14.6 Å². The third-order valence-corrected chi connectivity index (χ3v) is 2.54. The minimum absolute atomic E-state index is 0.117. The Labute approximate surface area is 114 Å². The van der Waals surface area contributed by atoms with Gasteiger partial charge in [0.2, 0.25) is 0 Å². The van der Waals surface area contributed by atoms with Crippen molar-refractivity contribution in [2.75, 3.05) is 5.32 Å². The predicted molar refractivity (Wildman–Crippen MR) is 69.4 cm³/mol. The first-order chi connectivity index (χ1) is 9.69. The Morgan fingerprint density at radius 1 is 1.30 bits per heavy atom. The van der Waals surface area contributed by atoms with Gasteiger partial charge in [-0.1, -0.05) is 18.2 Å². The zero-order valence-corrected chi connectivity index (χ0v) is 10.4. The molecule has 20 heavy (non-hydrogen) atoms. The zero-order valence-electron chi connectivity index (χ0n) is 10.4. The van der Waals surface area contributed by atoms with E-state index in [-0.39, 0.29) is 12.3 Å². The summed E-state index contributed by atoms with van der Waals surface area (Å²) in [7, 11) is 0. The second-order valence-electron chi connectivity index (χ2n) is 3.88. The number of ether oxygens (including phenoxy) is 1. The second kappa shape index (κ2) is 6.48. The molecule has 0 saturated carbocycles. The molecule has 2 aromatic rings. The number of nitrogens with one attached hydrogen (secondary N) is 1. The predicted octanol–water partition coefficient (Wildman–Crippen LogP) is 3.17. The molecule has 0 aliphatic rings. The molecule has 0 unspecified atom stereocenters. The van der Waals surface area contributed by atoms with Gasteiger partial charge in [-0.3, -0.25) is 0 Å². The maximum Gasteiger partial charge on any atom is 0.387 e. The quantitative estimate of drug-likeness (QED) is 0.910. The number of pyridine rings is 1. The Balaban J connectivity index is 2.09. The molecule has 0 bridgehead atoms. The maximum absolute atomic E-state index is 12.3. The lowest BCUT2D eigenvalue weighted by Crippen LogP contribution is -2.07. The van der Waals surface area contributed by atoms with Crippen LogP contribution < -0.4 is 10.1 Å². The molecule has 6 heteroatoms. The fourth-order valence-corrected chi connectivity index (χ4v) is 1.64. The van der Waals surface area contributed by atoms with Crippen molar-refractivity contribution in [3.05, 3.63) is 53.7 Å². The number of nitriles is 1. The fraction of sp³-hybridized carbons (Fsp3) is 0.143. The van der Waals surface area contributed by atoms with Gasteiger partial charge in [0, 0.05) is 18.3 Å². The third-order valence-electron chi connectivity index (χ3n) is 2.54. The second-order valence-corrected chi connectivity index (χ2v) is 3.88. The summed E-state index contributed by atoms with van der Waals surface area (Å²) in [6.07, 6.45) is 1.50. The van der Waals surface area contributed by atoms with Gasteiger partial charge < -0.3 is 10.1 Å². The standard InChI is InChI=1S/C14H11F2N3O/c15-14(16)20-12-4-2-1-3-11(12)9-19-13-7-10(8-17)5-6-18-13/h1-7,14H,9H2,(H,18,19). The minimum Gasteiger partial charge on any atom is -0.434 e. The number of aromatic nitrogens is 1. The van der Waals surface area contributed by atoms with Gasteiger partial charge in [0.1, 0.15) is 11.6 Å². The van der Waals surface area contributed by atoms with Gasteiger partial charge in [0.05, 0.1) is 11.6 Å². The number of nitrogens with zero attached hydrogens (tertiary/aromatic N) is 2. The summed E-state index contributed by atoms with van der Waals surface area (Å²) >= 11 is 0. The van der Waals surface area contributed by atoms with Gasteiger partial charge in [0.15, 0.2) is 0 Å². The molecular formula is C14H11F2N3O. The molecule has 1 heterocycles. The first-order valence-corrected chi connectivity index (χ1v) is 5.82. The molecule has 0 aliphatic carbocycles. The van der Waals surface area contributed by atoms with Gasteiger partial charge in [-0.15, -0.1) is 0 Å². The van der Waals surface area contributed by atoms with Crippen molar-refractivity contribution in [2.45, 2.75) is 13.2 Å². The average molecular weight is 275 g/mol. The summed E-state index contributed by atoms with van der Waals surface area (Å²) in [5.41, 5.74) is 1.05. The SMILES string of the molecule is N#Cc1ccnc(NCc2ccccc2OC(F)F)c1. The van der Waals surface area contributed by atoms with Crippen LogP contribution >= 0.6 is 0 Å². The molecule has 0 fully saturated rings. The molecule has 1 aromatic heterocycles. The van der Waals surface area contributed by atoms with Gasteiger partial charge in [-0.05, 0) is 18.2 Å². The van der Waals surface area contributed by atoms with E-state index in [1.807, 2.05) is 6.07 Å². The molecule has 102 valence electrons. The van der Waals surface area contributed by atoms with Gasteiger partial charge in [-0.25, -0.2) is 4.98 Å². The molecule has 0 aliphatic heterocycles. The van der Waals surface area contributed by atoms with Crippen LogP contribution in [-0.2, 0) is 6.54 Å². The summed E-state index contributed by atoms with van der Waals surface area (Å²) in [6.45, 7) is -2.60. The van der Waals surface area contributed by atoms with Crippen LogP contribution in [-0.4, -0.2) is 11.6 Å². The van der Waals surface area contributed by atoms with Crippen molar-refractivity contribution >= 4 is 5.82 Å². The number of para-hydroxylation sites is 1. The molecule has 0 radical (unpaired) electrons. The van der Waals surface area contributed by atoms with Crippen molar-refractivity contribution in [1.29, 1.82) is 5.26 Å². The van der Waals surface area contributed by atoms with E-state index in [1.54, 1.807) is 30.3 Å². The van der Waals surface area contributed by atoms with Crippen LogP contribution in [0.15, 0.2) is 42.6 Å². The fourth-order valence-electron chi connectivity index (χ4n) is 1.64. The van der Waals surface area contributed by atoms with E-state index >= 15 is 0 Å². The van der Waals surface area contributed by atoms with Crippen LogP contribution in [0.1, 0.15) is 11.1 Å². The van der Waals surface area contributed by atoms with Gasteiger partial charge >= 0.3 is 6.61 Å². The van der Waals surface area contributed by atoms with E-state index in [2.05, 4.69) is 15.0 Å². The molecule has 0 amide bonds. The highest BCUT2D eigenvalue weighted by Crippen LogP contribution is 2.21. The van der Waals surface area contributed by atoms with E-state index < -0.39 is 6.61 Å². The highest BCUT2D eigenvalue weighted by atomic mass is 19.3. The van der Waals surface area contributed by atoms with E-state index in [9.17, 15) is 8.78 Å². The van der Waals surface area contributed by atoms with Crippen LogP contribution in [0.3, 0.4) is 0 Å². The molecular weight excluding hydrogens is 264 g/mol. The van der Waals surface area contributed by atoms with Crippen molar-refractivity contribution in [1.82, 2.24) is 4.98 Å². The first-order valence-electron chi connectivity index (χ1n) is 5.82. The van der Waals surface area contributed by atoms with E-state index in [0.29, 0.717) is 16.9 Å². The molecule has 4 nitrogen and oxygen atoms in total. The normalized spacial score (nSPS) is 10.1. The number of hydrogen-bond donors (Lipinski definition) is 1.